The summed E-state index contributed by atoms with van der Waals surface area (Å²) in [7, 11) is 0. The van der Waals surface area contributed by atoms with E-state index in [9.17, 15) is 4.79 Å². The lowest BCUT2D eigenvalue weighted by molar-refractivity contribution is 0.183. The molecule has 2 amide bonds. The Hall–Kier alpha value is -1.55. The van der Waals surface area contributed by atoms with Crippen molar-refractivity contribution in [3.8, 4) is 0 Å². The van der Waals surface area contributed by atoms with E-state index in [0.29, 0.717) is 13.0 Å². The van der Waals surface area contributed by atoms with Gasteiger partial charge >= 0.3 is 6.03 Å². The van der Waals surface area contributed by atoms with E-state index in [1.807, 2.05) is 38.1 Å². The Kier molecular flexibility index (Phi) is 5.65. The molecule has 0 heterocycles. The Labute approximate surface area is 108 Å². The molecule has 1 rings (SSSR count). The third-order valence-corrected chi connectivity index (χ3v) is 2.85. The van der Waals surface area contributed by atoms with Gasteiger partial charge in [-0.05, 0) is 38.3 Å². The minimum absolute atomic E-state index is 0.0299. The molecule has 2 atom stereocenters. The van der Waals surface area contributed by atoms with Crippen LogP contribution in [0, 0.1) is 6.92 Å². The summed E-state index contributed by atoms with van der Waals surface area (Å²) in [5, 5.41) is 14.7. The smallest absolute Gasteiger partial charge is 0.315 e. The van der Waals surface area contributed by atoms with Crippen LogP contribution >= 0.6 is 0 Å². The molecule has 1 aromatic carbocycles. The first-order valence-electron chi connectivity index (χ1n) is 6.28. The first kappa shape index (κ1) is 14.5. The lowest BCUT2D eigenvalue weighted by atomic mass is 10.0. The Balaban J connectivity index is 2.42. The number of nitrogens with one attached hydrogen (secondary N) is 2. The molecular weight excluding hydrogens is 228 g/mol. The fraction of sp³-hybridized carbons (Fsp3) is 0.500. The average Bonchev–Trinajstić information content (AvgIpc) is 2.28. The van der Waals surface area contributed by atoms with Gasteiger partial charge in [0.2, 0.25) is 0 Å². The number of aliphatic hydroxyl groups excluding tert-OH is 1. The fourth-order valence-corrected chi connectivity index (χ4v) is 1.79. The predicted octanol–water partition coefficient (Wildman–Crippen LogP) is 2.13. The molecule has 0 spiro atoms. The highest BCUT2D eigenvalue weighted by Crippen LogP contribution is 2.16. The van der Waals surface area contributed by atoms with Gasteiger partial charge in [-0.25, -0.2) is 4.79 Å². The van der Waals surface area contributed by atoms with Crippen molar-refractivity contribution in [3.63, 3.8) is 0 Å². The Morgan fingerprint density at radius 1 is 1.33 bits per heavy atom. The SMILES string of the molecule is Cc1ccccc1C(C)NC(=O)NCCC(C)O. The maximum absolute atomic E-state index is 11.6. The summed E-state index contributed by atoms with van der Waals surface area (Å²) >= 11 is 0. The fourth-order valence-electron chi connectivity index (χ4n) is 1.79. The largest absolute Gasteiger partial charge is 0.393 e. The number of benzene rings is 1. The summed E-state index contributed by atoms with van der Waals surface area (Å²) < 4.78 is 0. The summed E-state index contributed by atoms with van der Waals surface area (Å²) in [4.78, 5) is 11.6. The van der Waals surface area contributed by atoms with Crippen molar-refractivity contribution >= 4 is 6.03 Å². The van der Waals surface area contributed by atoms with Gasteiger partial charge < -0.3 is 15.7 Å². The molecule has 3 N–H and O–H groups in total. The highest BCUT2D eigenvalue weighted by atomic mass is 16.3. The zero-order valence-corrected chi connectivity index (χ0v) is 11.2. The molecule has 0 aliphatic heterocycles. The third-order valence-electron chi connectivity index (χ3n) is 2.85. The molecule has 0 aliphatic rings. The Bertz CT molecular complexity index is 391. The van der Waals surface area contributed by atoms with Gasteiger partial charge in [-0.15, -0.1) is 0 Å². The minimum Gasteiger partial charge on any atom is -0.393 e. The van der Waals surface area contributed by atoms with Crippen molar-refractivity contribution < 1.29 is 9.90 Å². The molecule has 0 radical (unpaired) electrons. The summed E-state index contributed by atoms with van der Waals surface area (Å²) in [6.45, 7) is 6.16. The molecule has 18 heavy (non-hydrogen) atoms. The van der Waals surface area contributed by atoms with E-state index in [0.717, 1.165) is 11.1 Å². The van der Waals surface area contributed by atoms with E-state index in [1.165, 1.54) is 0 Å². The number of urea groups is 1. The zero-order valence-electron chi connectivity index (χ0n) is 11.2. The van der Waals surface area contributed by atoms with Gasteiger partial charge in [-0.3, -0.25) is 0 Å². The molecule has 4 heteroatoms. The van der Waals surface area contributed by atoms with Gasteiger partial charge in [0.05, 0.1) is 12.1 Å². The first-order valence-corrected chi connectivity index (χ1v) is 6.28. The van der Waals surface area contributed by atoms with E-state index in [2.05, 4.69) is 10.6 Å². The average molecular weight is 250 g/mol. The summed E-state index contributed by atoms with van der Waals surface area (Å²) in [6.07, 6.45) is 0.172. The highest BCUT2D eigenvalue weighted by Gasteiger charge is 2.10. The van der Waals surface area contributed by atoms with Crippen molar-refractivity contribution in [2.75, 3.05) is 6.54 Å². The van der Waals surface area contributed by atoms with E-state index in [4.69, 9.17) is 5.11 Å². The number of amides is 2. The van der Waals surface area contributed by atoms with Crippen LogP contribution in [0.15, 0.2) is 24.3 Å². The molecule has 0 aromatic heterocycles. The van der Waals surface area contributed by atoms with E-state index in [1.54, 1.807) is 6.92 Å². The monoisotopic (exact) mass is 250 g/mol. The maximum Gasteiger partial charge on any atom is 0.315 e. The van der Waals surface area contributed by atoms with Crippen LogP contribution in [0.5, 0.6) is 0 Å². The van der Waals surface area contributed by atoms with Gasteiger partial charge in [0.1, 0.15) is 0 Å². The Morgan fingerprint density at radius 2 is 2.00 bits per heavy atom. The van der Waals surface area contributed by atoms with Crippen LogP contribution in [-0.2, 0) is 0 Å². The summed E-state index contributed by atoms with van der Waals surface area (Å²) in [6, 6.07) is 7.75. The van der Waals surface area contributed by atoms with Crippen LogP contribution in [0.3, 0.4) is 0 Å². The molecule has 0 saturated heterocycles. The number of rotatable bonds is 5. The minimum atomic E-state index is -0.390. The number of aliphatic hydroxyl groups is 1. The molecule has 0 bridgehead atoms. The number of aryl methyl sites for hydroxylation is 1. The standard InChI is InChI=1S/C14H22N2O2/c1-10-6-4-5-7-13(10)12(3)16-14(18)15-9-8-11(2)17/h4-7,11-12,17H,8-9H2,1-3H3,(H2,15,16,18). The molecule has 100 valence electrons. The van der Waals surface area contributed by atoms with Crippen molar-refractivity contribution in [1.82, 2.24) is 10.6 Å². The van der Waals surface area contributed by atoms with Gasteiger partial charge in [0.15, 0.2) is 0 Å². The number of hydrogen-bond acceptors (Lipinski definition) is 2. The van der Waals surface area contributed by atoms with E-state index in [-0.39, 0.29) is 18.2 Å². The van der Waals surface area contributed by atoms with Gasteiger partial charge in [-0.2, -0.15) is 0 Å². The summed E-state index contributed by atoms with van der Waals surface area (Å²) in [5.41, 5.74) is 2.28. The third kappa shape index (κ3) is 4.75. The molecule has 2 unspecified atom stereocenters. The Morgan fingerprint density at radius 3 is 2.61 bits per heavy atom. The van der Waals surface area contributed by atoms with Gasteiger partial charge in [-0.1, -0.05) is 24.3 Å². The molecular formula is C14H22N2O2. The number of carbonyl (C=O) groups is 1. The second kappa shape index (κ2) is 7.01. The molecule has 1 aromatic rings. The van der Waals surface area contributed by atoms with Crippen molar-refractivity contribution in [1.29, 1.82) is 0 Å². The van der Waals surface area contributed by atoms with Crippen molar-refractivity contribution in [2.45, 2.75) is 39.3 Å². The van der Waals surface area contributed by atoms with Crippen molar-refractivity contribution in [3.05, 3.63) is 35.4 Å². The van der Waals surface area contributed by atoms with Gasteiger partial charge in [0.25, 0.3) is 0 Å². The molecule has 0 fully saturated rings. The normalized spacial score (nSPS) is 13.8. The lowest BCUT2D eigenvalue weighted by Gasteiger charge is -2.17. The predicted molar refractivity (Wildman–Crippen MR) is 72.4 cm³/mol. The molecule has 4 nitrogen and oxygen atoms in total. The maximum atomic E-state index is 11.6. The molecule has 0 saturated carbocycles. The second-order valence-electron chi connectivity index (χ2n) is 4.62. The summed E-state index contributed by atoms with van der Waals surface area (Å²) in [5.74, 6) is 0. The number of hydrogen-bond donors (Lipinski definition) is 3. The molecule has 0 aliphatic carbocycles. The first-order chi connectivity index (χ1) is 8.50. The van der Waals surface area contributed by atoms with E-state index < -0.39 is 0 Å². The van der Waals surface area contributed by atoms with Gasteiger partial charge in [0, 0.05) is 6.54 Å². The highest BCUT2D eigenvalue weighted by molar-refractivity contribution is 5.74. The van der Waals surface area contributed by atoms with Crippen LogP contribution in [0.1, 0.15) is 37.4 Å². The van der Waals surface area contributed by atoms with E-state index >= 15 is 0 Å². The zero-order chi connectivity index (χ0) is 13.5. The second-order valence-corrected chi connectivity index (χ2v) is 4.62. The lowest BCUT2D eigenvalue weighted by Crippen LogP contribution is -2.38. The van der Waals surface area contributed by atoms with Crippen LogP contribution in [0.25, 0.3) is 0 Å². The quantitative estimate of drug-likeness (QED) is 0.749. The number of carbonyl (C=O) groups excluding carboxylic acids is 1. The van der Waals surface area contributed by atoms with Crippen LogP contribution in [0.2, 0.25) is 0 Å². The van der Waals surface area contributed by atoms with Crippen LogP contribution in [-0.4, -0.2) is 23.8 Å². The topological polar surface area (TPSA) is 61.4 Å². The van der Waals surface area contributed by atoms with Crippen LogP contribution in [0.4, 0.5) is 4.79 Å². The van der Waals surface area contributed by atoms with Crippen LogP contribution < -0.4 is 10.6 Å². The van der Waals surface area contributed by atoms with Crippen molar-refractivity contribution in [2.24, 2.45) is 0 Å².